The number of ether oxygens (including phenoxy) is 1. The second-order valence-corrected chi connectivity index (χ2v) is 9.68. The van der Waals surface area contributed by atoms with E-state index in [1.165, 1.54) is 31.2 Å². The van der Waals surface area contributed by atoms with E-state index in [4.69, 9.17) is 14.5 Å². The molecule has 4 heterocycles. The molecule has 2 aliphatic heterocycles. The molecule has 1 aromatic carbocycles. The summed E-state index contributed by atoms with van der Waals surface area (Å²) in [5.74, 6) is 2.50. The van der Waals surface area contributed by atoms with Gasteiger partial charge in [-0.1, -0.05) is 29.4 Å². The molecule has 0 amide bonds. The van der Waals surface area contributed by atoms with Crippen LogP contribution in [0.15, 0.2) is 47.1 Å². The van der Waals surface area contributed by atoms with E-state index in [0.29, 0.717) is 30.2 Å². The average Bonchev–Trinajstić information content (AvgIpc) is 3.55. The van der Waals surface area contributed by atoms with E-state index in [1.54, 1.807) is 6.20 Å². The number of piperidine rings is 1. The number of aromatic nitrogens is 2. The molecule has 3 fully saturated rings. The van der Waals surface area contributed by atoms with Gasteiger partial charge in [-0.25, -0.2) is 4.98 Å². The van der Waals surface area contributed by atoms with Gasteiger partial charge in [-0.05, 0) is 63.1 Å². The van der Waals surface area contributed by atoms with Gasteiger partial charge in [0, 0.05) is 35.3 Å². The Hall–Kier alpha value is -3.17. The second kappa shape index (κ2) is 8.31. The molecule has 3 aromatic rings. The highest BCUT2D eigenvalue weighted by molar-refractivity contribution is 5.67. The fraction of sp³-hybridized carbons (Fsp3) is 0.444. The summed E-state index contributed by atoms with van der Waals surface area (Å²) < 4.78 is 12.4. The van der Waals surface area contributed by atoms with Crippen LogP contribution < -0.4 is 4.90 Å². The van der Waals surface area contributed by atoms with Crippen molar-refractivity contribution in [2.24, 2.45) is 0 Å². The minimum absolute atomic E-state index is 0.226. The lowest BCUT2D eigenvalue weighted by molar-refractivity contribution is 0.0146. The summed E-state index contributed by atoms with van der Waals surface area (Å²) in [6.45, 7) is 2.67. The highest BCUT2D eigenvalue weighted by Gasteiger charge is 2.42. The predicted octanol–water partition coefficient (Wildman–Crippen LogP) is 5.51. The molecular weight excluding hydrogens is 412 g/mol. The fourth-order valence-electron chi connectivity index (χ4n) is 5.62. The fourth-order valence-corrected chi connectivity index (χ4v) is 5.62. The Morgan fingerprint density at radius 2 is 1.88 bits per heavy atom. The standard InChI is InChI=1S/C27H28N4O2/c1-17-4-2-3-5-23(17)26-24(27(33-30-26)19-7-8-19)16-32-22-12-20-9-10-21(13-22)31(20)25-11-6-18(14-28)15-29-25/h2-6,11,15,19-22H,7-10,12-13,16H2,1H3/t20-,21+,22+. The van der Waals surface area contributed by atoms with Crippen LogP contribution in [0.2, 0.25) is 0 Å². The molecule has 2 aromatic heterocycles. The zero-order valence-corrected chi connectivity index (χ0v) is 18.9. The zero-order chi connectivity index (χ0) is 22.4. The lowest BCUT2D eigenvalue weighted by Gasteiger charge is -2.39. The highest BCUT2D eigenvalue weighted by atomic mass is 16.5. The van der Waals surface area contributed by atoms with Gasteiger partial charge in [0.1, 0.15) is 23.3 Å². The van der Waals surface area contributed by atoms with Gasteiger partial charge in [0.15, 0.2) is 0 Å². The maximum absolute atomic E-state index is 9.06. The second-order valence-electron chi connectivity index (χ2n) is 9.68. The van der Waals surface area contributed by atoms with Gasteiger partial charge in [0.25, 0.3) is 0 Å². The van der Waals surface area contributed by atoms with Gasteiger partial charge in [-0.2, -0.15) is 5.26 Å². The first-order valence-corrected chi connectivity index (χ1v) is 12.0. The zero-order valence-electron chi connectivity index (χ0n) is 18.9. The van der Waals surface area contributed by atoms with E-state index in [0.717, 1.165) is 41.2 Å². The molecule has 0 unspecified atom stereocenters. The average molecular weight is 441 g/mol. The van der Waals surface area contributed by atoms with Gasteiger partial charge in [-0.3, -0.25) is 0 Å². The number of fused-ring (bicyclic) bond motifs is 2. The molecule has 6 nitrogen and oxygen atoms in total. The number of nitrogens with zero attached hydrogens (tertiary/aromatic N) is 4. The Balaban J connectivity index is 1.19. The molecule has 3 aliphatic rings. The van der Waals surface area contributed by atoms with Crippen LogP contribution >= 0.6 is 0 Å². The lowest BCUT2D eigenvalue weighted by atomic mass is 9.98. The van der Waals surface area contributed by atoms with Crippen molar-refractivity contribution in [3.63, 3.8) is 0 Å². The predicted molar refractivity (Wildman–Crippen MR) is 125 cm³/mol. The number of rotatable bonds is 6. The number of benzene rings is 1. The topological polar surface area (TPSA) is 75.2 Å². The minimum atomic E-state index is 0.226. The van der Waals surface area contributed by atoms with Crippen molar-refractivity contribution in [3.05, 3.63) is 65.0 Å². The van der Waals surface area contributed by atoms with Crippen LogP contribution in [0.5, 0.6) is 0 Å². The van der Waals surface area contributed by atoms with Crippen molar-refractivity contribution < 1.29 is 9.26 Å². The van der Waals surface area contributed by atoms with Crippen molar-refractivity contribution in [2.45, 2.75) is 76.2 Å². The van der Waals surface area contributed by atoms with Gasteiger partial charge in [-0.15, -0.1) is 0 Å². The molecule has 1 saturated carbocycles. The monoisotopic (exact) mass is 440 g/mol. The Labute approximate surface area is 194 Å². The quantitative estimate of drug-likeness (QED) is 0.503. The van der Waals surface area contributed by atoms with Crippen LogP contribution in [0.4, 0.5) is 5.82 Å². The van der Waals surface area contributed by atoms with Crippen LogP contribution in [-0.4, -0.2) is 28.3 Å². The van der Waals surface area contributed by atoms with Crippen molar-refractivity contribution in [3.8, 4) is 17.3 Å². The molecule has 2 bridgehead atoms. The molecule has 0 N–H and O–H groups in total. The molecule has 2 saturated heterocycles. The van der Waals surface area contributed by atoms with Crippen molar-refractivity contribution in [1.82, 2.24) is 10.1 Å². The summed E-state index contributed by atoms with van der Waals surface area (Å²) in [5.41, 5.74) is 5.02. The van der Waals surface area contributed by atoms with Gasteiger partial charge in [0.05, 0.1) is 18.3 Å². The molecule has 0 radical (unpaired) electrons. The van der Waals surface area contributed by atoms with Crippen molar-refractivity contribution >= 4 is 5.82 Å². The van der Waals surface area contributed by atoms with Crippen molar-refractivity contribution in [1.29, 1.82) is 5.26 Å². The molecule has 33 heavy (non-hydrogen) atoms. The van der Waals surface area contributed by atoms with E-state index in [1.807, 2.05) is 12.1 Å². The first-order chi connectivity index (χ1) is 16.2. The van der Waals surface area contributed by atoms with E-state index < -0.39 is 0 Å². The molecule has 0 spiro atoms. The van der Waals surface area contributed by atoms with Crippen LogP contribution in [0, 0.1) is 18.3 Å². The Kier molecular flexibility index (Phi) is 5.15. The molecule has 168 valence electrons. The number of aryl methyl sites for hydroxylation is 1. The SMILES string of the molecule is Cc1ccccc1-c1noc(C2CC2)c1CO[C@H]1C[C@H]2CC[C@@H](C1)N2c1ccc(C#N)cn1. The normalized spacial score (nSPS) is 24.1. The van der Waals surface area contributed by atoms with Crippen LogP contribution in [0.1, 0.15) is 66.9 Å². The Morgan fingerprint density at radius 1 is 1.09 bits per heavy atom. The summed E-state index contributed by atoms with van der Waals surface area (Å²) in [4.78, 5) is 7.01. The summed E-state index contributed by atoms with van der Waals surface area (Å²) >= 11 is 0. The number of hydrogen-bond donors (Lipinski definition) is 0. The molecule has 6 rings (SSSR count). The van der Waals surface area contributed by atoms with E-state index in [-0.39, 0.29) is 6.10 Å². The maximum atomic E-state index is 9.06. The van der Waals surface area contributed by atoms with Gasteiger partial charge >= 0.3 is 0 Å². The first-order valence-electron chi connectivity index (χ1n) is 12.0. The van der Waals surface area contributed by atoms with Gasteiger partial charge in [0.2, 0.25) is 0 Å². The van der Waals surface area contributed by atoms with Crippen LogP contribution in [0.3, 0.4) is 0 Å². The van der Waals surface area contributed by atoms with Crippen LogP contribution in [0.25, 0.3) is 11.3 Å². The maximum Gasteiger partial charge on any atom is 0.145 e. The third kappa shape index (κ3) is 3.81. The van der Waals surface area contributed by atoms with E-state index in [2.05, 4.69) is 52.3 Å². The molecular formula is C27H28N4O2. The third-order valence-electron chi connectivity index (χ3n) is 7.46. The molecule has 1 aliphatic carbocycles. The minimum Gasteiger partial charge on any atom is -0.373 e. The van der Waals surface area contributed by atoms with E-state index in [9.17, 15) is 0 Å². The van der Waals surface area contributed by atoms with Crippen LogP contribution in [-0.2, 0) is 11.3 Å². The number of hydrogen-bond acceptors (Lipinski definition) is 6. The summed E-state index contributed by atoms with van der Waals surface area (Å²) in [6, 6.07) is 15.2. The molecule has 3 atom stereocenters. The Morgan fingerprint density at radius 3 is 2.55 bits per heavy atom. The van der Waals surface area contributed by atoms with Crippen molar-refractivity contribution in [2.75, 3.05) is 4.90 Å². The molecule has 6 heteroatoms. The third-order valence-corrected chi connectivity index (χ3v) is 7.46. The van der Waals surface area contributed by atoms with E-state index >= 15 is 0 Å². The van der Waals surface area contributed by atoms with Gasteiger partial charge < -0.3 is 14.2 Å². The summed E-state index contributed by atoms with van der Waals surface area (Å²) in [5, 5.41) is 13.5. The Bertz CT molecular complexity index is 1180. The largest absolute Gasteiger partial charge is 0.373 e. The smallest absolute Gasteiger partial charge is 0.145 e. The summed E-state index contributed by atoms with van der Waals surface area (Å²) in [6.07, 6.45) is 8.59. The first kappa shape index (κ1) is 20.4. The number of anilines is 1. The summed E-state index contributed by atoms with van der Waals surface area (Å²) in [7, 11) is 0. The number of nitriles is 1. The lowest BCUT2D eigenvalue weighted by Crippen LogP contribution is -2.46. The number of pyridine rings is 1. The highest BCUT2D eigenvalue weighted by Crippen LogP contribution is 2.45.